The van der Waals surface area contributed by atoms with E-state index in [4.69, 9.17) is 25.5 Å². The Morgan fingerprint density at radius 1 is 0.745 bits per heavy atom. The minimum atomic E-state index is -0.0316. The molecular weight excluding hydrogens is 965 g/mol. The van der Waals surface area contributed by atoms with Crippen LogP contribution in [0.4, 0.5) is 4.39 Å². The van der Waals surface area contributed by atoms with Crippen LogP contribution in [-0.2, 0) is 32.4 Å². The van der Waals surface area contributed by atoms with Crippen LogP contribution in [0.15, 0.2) is 109 Å². The molecule has 0 saturated heterocycles. The largest absolute Gasteiger partial charge is 1.00 e. The van der Waals surface area contributed by atoms with Crippen LogP contribution in [0.3, 0.4) is 0 Å². The zero-order valence-corrected chi connectivity index (χ0v) is 43.9. The number of alkyl halides is 1. The molecule has 0 spiro atoms. The summed E-state index contributed by atoms with van der Waals surface area (Å²) >= 11 is 3.36. The first-order valence-electron chi connectivity index (χ1n) is 15.5. The van der Waals surface area contributed by atoms with Crippen LogP contribution in [0.5, 0.6) is 11.5 Å². The quantitative estimate of drug-likeness (QED) is 0.0332. The average Bonchev–Trinajstić information content (AvgIpc) is 3.14. The van der Waals surface area contributed by atoms with Gasteiger partial charge in [0.25, 0.3) is 1.43 Å². The fraction of sp³-hybridized carbons (Fsp3) is 0.263. The Morgan fingerprint density at radius 2 is 1.24 bits per heavy atom. The molecule has 0 unspecified atom stereocenters. The van der Waals surface area contributed by atoms with E-state index in [9.17, 15) is 14.0 Å². The molecule has 0 fully saturated rings. The van der Waals surface area contributed by atoms with E-state index in [1.54, 1.807) is 38.4 Å². The number of hydrogen-bond donors (Lipinski definition) is 2. The van der Waals surface area contributed by atoms with E-state index in [1.807, 2.05) is 60.7 Å². The molecule has 4 rings (SSSR count). The third-order valence-corrected chi connectivity index (χ3v) is 6.44. The predicted octanol–water partition coefficient (Wildman–Crippen LogP) is 2.85. The third kappa shape index (κ3) is 31.7. The summed E-state index contributed by atoms with van der Waals surface area (Å²) in [5, 5.41) is 13.0. The molecule has 0 bridgehead atoms. The van der Waals surface area contributed by atoms with Gasteiger partial charge in [-0.15, -0.1) is 0 Å². The summed E-state index contributed by atoms with van der Waals surface area (Å²) in [6.45, 7) is 6.46. The summed E-state index contributed by atoms with van der Waals surface area (Å²) in [5.74, 6) is 0.876. The van der Waals surface area contributed by atoms with E-state index in [1.165, 1.54) is 30.2 Å². The second-order valence-electron chi connectivity index (χ2n) is 9.70. The van der Waals surface area contributed by atoms with Crippen LogP contribution in [0.2, 0.25) is 0 Å². The van der Waals surface area contributed by atoms with Crippen molar-refractivity contribution in [2.75, 3.05) is 25.2 Å². The van der Waals surface area contributed by atoms with Gasteiger partial charge in [0.15, 0.2) is 11.6 Å². The summed E-state index contributed by atoms with van der Waals surface area (Å²) in [4.78, 5) is 34.2. The van der Waals surface area contributed by atoms with E-state index in [0.29, 0.717) is 30.9 Å². The van der Waals surface area contributed by atoms with Crippen molar-refractivity contribution in [3.05, 3.63) is 139 Å². The molecular formula is C38H45BrCs2FO9+. The van der Waals surface area contributed by atoms with Gasteiger partial charge in [-0.25, -0.2) is 5.26 Å². The van der Waals surface area contributed by atoms with Crippen molar-refractivity contribution in [3.8, 4) is 11.5 Å². The van der Waals surface area contributed by atoms with Gasteiger partial charge < -0.3 is 28.6 Å². The van der Waals surface area contributed by atoms with Gasteiger partial charge in [0.1, 0.15) is 11.5 Å². The molecule has 0 heterocycles. The number of phenolic OH excluding ortho intramolecular Hbond substituents is 1. The van der Waals surface area contributed by atoms with Crippen molar-refractivity contribution >= 4 is 34.0 Å². The van der Waals surface area contributed by atoms with Crippen LogP contribution in [-0.4, -0.2) is 53.6 Å². The monoisotopic (exact) mass is 1010 g/mol. The van der Waals surface area contributed by atoms with Crippen molar-refractivity contribution in [1.82, 2.24) is 0 Å². The smallest absolute Gasteiger partial charge is 0.508 e. The fourth-order valence-corrected chi connectivity index (χ4v) is 3.79. The molecule has 0 atom stereocenters. The summed E-state index contributed by atoms with van der Waals surface area (Å²) in [6.07, 6.45) is 1.89. The molecule has 266 valence electrons. The Labute approximate surface area is 428 Å². The zero-order chi connectivity index (χ0) is 37.2. The Bertz CT molecular complexity index is 1440. The SMILES string of the molecule is BrCCCOCc1ccccc1.CC(=O)c1cccc(O)c1.CC(=O)c1cccc(OCCCOCc2ccccc2)c1.[2H]OOC=O.[CH2-]F.[Cs+].[Cs+]. The molecule has 4 aromatic rings. The van der Waals surface area contributed by atoms with Crippen LogP contribution in [0.1, 0.15) is 58.5 Å². The molecule has 4 aromatic carbocycles. The maximum atomic E-state index is 11.3. The van der Waals surface area contributed by atoms with E-state index in [2.05, 4.69) is 38.2 Å². The molecule has 0 aliphatic carbocycles. The molecule has 0 amide bonds. The maximum absolute atomic E-state index is 11.3. The van der Waals surface area contributed by atoms with Gasteiger partial charge >= 0.3 is 144 Å². The number of phenols is 1. The van der Waals surface area contributed by atoms with Gasteiger partial charge in [-0.3, -0.25) is 14.4 Å². The first-order valence-corrected chi connectivity index (χ1v) is 16.2. The standard InChI is InChI=1S/C18H20O3.C10H13BrO.C8H8O2.CH2F.CH2O3.2Cs/c1-15(19)17-9-5-10-18(13-17)21-12-6-11-20-14-16-7-3-2-4-8-16;11-7-4-8-12-9-10-5-2-1-3-6-10;1-6(9)7-3-2-4-8(10)5-7;1-2;2-1-4-3;;/h2-5,7-10,13H,6,11-12,14H2,1H3;1-3,5-6H,4,7-9H2;2-5,10H,1H3;1H2;1,3H;;/q;;;-1;;2*+1/i/hD. The van der Waals surface area contributed by atoms with Gasteiger partial charge in [-0.05, 0) is 55.7 Å². The van der Waals surface area contributed by atoms with Gasteiger partial charge in [0, 0.05) is 29.5 Å². The number of hydrogen-bond acceptors (Lipinski definition) is 9. The van der Waals surface area contributed by atoms with Crippen LogP contribution < -0.4 is 143 Å². The maximum Gasteiger partial charge on any atom is 1.00 e. The number of rotatable bonds is 16. The van der Waals surface area contributed by atoms with E-state index in [-0.39, 0.29) is 162 Å². The Balaban J connectivity index is -0.000000663. The van der Waals surface area contributed by atoms with Gasteiger partial charge in [-0.2, -0.15) is 7.18 Å². The van der Waals surface area contributed by atoms with Crippen LogP contribution in [0, 0.1) is 7.18 Å². The molecule has 2 N–H and O–H groups in total. The second-order valence-corrected chi connectivity index (χ2v) is 10.5. The first kappa shape index (κ1) is 52.8. The number of carbonyl (C=O) groups is 3. The second kappa shape index (κ2) is 39.4. The summed E-state index contributed by atoms with van der Waals surface area (Å²) < 4.78 is 31.5. The third-order valence-electron chi connectivity index (χ3n) is 5.88. The molecule has 13 heteroatoms. The Morgan fingerprint density at radius 3 is 1.65 bits per heavy atom. The number of Topliss-reactive ketones (excluding diaryl/α,β-unsaturated/α-hetero) is 2. The minimum Gasteiger partial charge on any atom is -0.508 e. The minimum absolute atomic E-state index is 0. The van der Waals surface area contributed by atoms with Gasteiger partial charge in [-0.1, -0.05) is 101 Å². The van der Waals surface area contributed by atoms with Crippen LogP contribution in [0.25, 0.3) is 1.43 Å². The van der Waals surface area contributed by atoms with Crippen molar-refractivity contribution in [1.29, 1.82) is 1.43 Å². The van der Waals surface area contributed by atoms with Gasteiger partial charge in [0.05, 0.1) is 26.4 Å². The number of aromatic hydroxyl groups is 1. The van der Waals surface area contributed by atoms with Crippen molar-refractivity contribution in [3.63, 3.8) is 0 Å². The van der Waals surface area contributed by atoms with Crippen LogP contribution >= 0.6 is 15.9 Å². The van der Waals surface area contributed by atoms with E-state index in [0.717, 1.165) is 37.1 Å². The van der Waals surface area contributed by atoms with Crippen molar-refractivity contribution in [2.45, 2.75) is 39.9 Å². The summed E-state index contributed by atoms with van der Waals surface area (Å²) in [7, 11) is 1.75. The predicted molar refractivity (Wildman–Crippen MR) is 192 cm³/mol. The van der Waals surface area contributed by atoms with Crippen molar-refractivity contribution < 1.29 is 186 Å². The van der Waals surface area contributed by atoms with E-state index < -0.39 is 0 Å². The number of ketones is 2. The zero-order valence-electron chi connectivity index (χ0n) is 30.8. The molecule has 51 heavy (non-hydrogen) atoms. The average molecular weight is 1010 g/mol. The fourth-order valence-electron chi connectivity index (χ4n) is 3.57. The molecule has 9 nitrogen and oxygen atoms in total. The normalized spacial score (nSPS) is 9.24. The Kier molecular flexibility index (Phi) is 40.8. The number of ether oxygens (including phenoxy) is 3. The molecule has 0 saturated carbocycles. The van der Waals surface area contributed by atoms with Crippen molar-refractivity contribution in [2.24, 2.45) is 0 Å². The summed E-state index contributed by atoms with van der Waals surface area (Å²) in [5.41, 5.74) is 3.63. The molecule has 0 aromatic heterocycles. The number of benzene rings is 4. The topological polar surface area (TPSA) is 129 Å². The molecule has 0 radical (unpaired) electrons. The first-order chi connectivity index (χ1) is 24.3. The number of halogens is 2. The van der Waals surface area contributed by atoms with E-state index >= 15 is 0 Å². The summed E-state index contributed by atoms with van der Waals surface area (Å²) in [6, 6.07) is 33.9. The molecule has 0 aliphatic rings. The Hall–Kier alpha value is -0.316. The number of carbonyl (C=O) groups excluding carboxylic acids is 3. The van der Waals surface area contributed by atoms with Gasteiger partial charge in [0.2, 0.25) is 0 Å². The molecule has 0 aliphatic heterocycles.